The maximum Gasteiger partial charge on any atom is 0.337 e. The van der Waals surface area contributed by atoms with Crippen LogP contribution in [0.5, 0.6) is 5.75 Å². The van der Waals surface area contributed by atoms with Crippen LogP contribution in [0, 0.1) is 0 Å². The molecule has 0 radical (unpaired) electrons. The van der Waals surface area contributed by atoms with Gasteiger partial charge in [-0.1, -0.05) is 30.3 Å². The maximum atomic E-state index is 12.2. The van der Waals surface area contributed by atoms with Gasteiger partial charge in [0.15, 0.2) is 11.7 Å². The minimum absolute atomic E-state index is 0.0962. The number of ether oxygens (including phenoxy) is 2. The van der Waals surface area contributed by atoms with Gasteiger partial charge in [-0.15, -0.1) is 0 Å². The zero-order chi connectivity index (χ0) is 22.2. The second kappa shape index (κ2) is 10.2. The van der Waals surface area contributed by atoms with Crippen LogP contribution in [0.2, 0.25) is 0 Å². The Bertz CT molecular complexity index is 1130. The highest BCUT2D eigenvalue weighted by atomic mass is 32.1. The molecule has 0 bridgehead atoms. The van der Waals surface area contributed by atoms with Crippen molar-refractivity contribution in [2.24, 2.45) is 0 Å². The molecule has 0 atom stereocenters. The molecule has 31 heavy (non-hydrogen) atoms. The standard InChI is InChI=1S/C22H19N3O5S/c1-29-21(28)16-8-6-15(7-9-16)20(27)23-22(31)25-24-19(26)13-30-18-11-10-14-4-2-3-5-17(14)12-18/h2-12H,13H2,1H3,(H,24,26)(H2,23,25,27,31). The van der Waals surface area contributed by atoms with Gasteiger partial charge in [-0.05, 0) is 59.4 Å². The number of methoxy groups -OCH3 is 1. The van der Waals surface area contributed by atoms with Crippen LogP contribution in [0.4, 0.5) is 0 Å². The van der Waals surface area contributed by atoms with Gasteiger partial charge in [-0.25, -0.2) is 4.79 Å². The Morgan fingerprint density at radius 3 is 2.26 bits per heavy atom. The van der Waals surface area contributed by atoms with Gasteiger partial charge in [0.25, 0.3) is 11.8 Å². The second-order valence-corrected chi connectivity index (χ2v) is 6.73. The number of amides is 2. The number of esters is 1. The van der Waals surface area contributed by atoms with E-state index < -0.39 is 17.8 Å². The van der Waals surface area contributed by atoms with Gasteiger partial charge in [0.1, 0.15) is 5.75 Å². The zero-order valence-corrected chi connectivity index (χ0v) is 17.3. The first-order chi connectivity index (χ1) is 15.0. The van der Waals surface area contributed by atoms with Gasteiger partial charge < -0.3 is 9.47 Å². The summed E-state index contributed by atoms with van der Waals surface area (Å²) in [7, 11) is 1.27. The lowest BCUT2D eigenvalue weighted by atomic mass is 10.1. The summed E-state index contributed by atoms with van der Waals surface area (Å²) in [5, 5.41) is 4.39. The first kappa shape index (κ1) is 21.7. The van der Waals surface area contributed by atoms with Crippen LogP contribution >= 0.6 is 12.2 Å². The van der Waals surface area contributed by atoms with Gasteiger partial charge >= 0.3 is 5.97 Å². The van der Waals surface area contributed by atoms with Crippen molar-refractivity contribution in [3.8, 4) is 5.75 Å². The Morgan fingerprint density at radius 2 is 1.55 bits per heavy atom. The average Bonchev–Trinajstić information content (AvgIpc) is 2.80. The van der Waals surface area contributed by atoms with E-state index in [-0.39, 0.29) is 17.3 Å². The van der Waals surface area contributed by atoms with E-state index in [1.807, 2.05) is 36.4 Å². The van der Waals surface area contributed by atoms with Crippen molar-refractivity contribution in [1.82, 2.24) is 16.2 Å². The fourth-order valence-corrected chi connectivity index (χ4v) is 2.79. The molecule has 3 N–H and O–H groups in total. The predicted octanol–water partition coefficient (Wildman–Crippen LogP) is 2.34. The summed E-state index contributed by atoms with van der Waals surface area (Å²) in [6, 6.07) is 19.2. The molecular formula is C22H19N3O5S. The molecule has 0 aliphatic heterocycles. The topological polar surface area (TPSA) is 106 Å². The van der Waals surface area contributed by atoms with Gasteiger partial charge in [-0.2, -0.15) is 0 Å². The van der Waals surface area contributed by atoms with Crippen LogP contribution in [0.1, 0.15) is 20.7 Å². The highest BCUT2D eigenvalue weighted by Gasteiger charge is 2.11. The zero-order valence-electron chi connectivity index (χ0n) is 16.5. The van der Waals surface area contributed by atoms with E-state index in [2.05, 4.69) is 20.9 Å². The number of benzene rings is 3. The molecule has 3 aromatic rings. The molecule has 0 spiro atoms. The van der Waals surface area contributed by atoms with Crippen molar-refractivity contribution in [3.63, 3.8) is 0 Å². The summed E-state index contributed by atoms with van der Waals surface area (Å²) >= 11 is 4.99. The summed E-state index contributed by atoms with van der Waals surface area (Å²) in [5.41, 5.74) is 5.38. The first-order valence-corrected chi connectivity index (χ1v) is 9.57. The summed E-state index contributed by atoms with van der Waals surface area (Å²) in [6.07, 6.45) is 0. The lowest BCUT2D eigenvalue weighted by Gasteiger charge is -2.12. The largest absolute Gasteiger partial charge is 0.484 e. The van der Waals surface area contributed by atoms with E-state index >= 15 is 0 Å². The first-order valence-electron chi connectivity index (χ1n) is 9.16. The van der Waals surface area contributed by atoms with Crippen molar-refractivity contribution in [2.75, 3.05) is 13.7 Å². The molecule has 8 nitrogen and oxygen atoms in total. The minimum Gasteiger partial charge on any atom is -0.484 e. The molecule has 0 aromatic heterocycles. The molecule has 0 unspecified atom stereocenters. The predicted molar refractivity (Wildman–Crippen MR) is 119 cm³/mol. The number of carbonyl (C=O) groups is 3. The fourth-order valence-electron chi connectivity index (χ4n) is 2.65. The van der Waals surface area contributed by atoms with Crippen molar-refractivity contribution < 1.29 is 23.9 Å². The summed E-state index contributed by atoms with van der Waals surface area (Å²) in [4.78, 5) is 35.6. The summed E-state index contributed by atoms with van der Waals surface area (Å²) < 4.78 is 10.1. The van der Waals surface area contributed by atoms with E-state index in [4.69, 9.17) is 17.0 Å². The molecule has 0 saturated carbocycles. The van der Waals surface area contributed by atoms with E-state index in [1.54, 1.807) is 6.07 Å². The summed E-state index contributed by atoms with van der Waals surface area (Å²) in [5.74, 6) is -0.930. The smallest absolute Gasteiger partial charge is 0.337 e. The number of carbonyl (C=O) groups excluding carboxylic acids is 3. The van der Waals surface area contributed by atoms with E-state index in [9.17, 15) is 14.4 Å². The number of hydrogen-bond acceptors (Lipinski definition) is 6. The van der Waals surface area contributed by atoms with Gasteiger partial charge in [0.05, 0.1) is 12.7 Å². The lowest BCUT2D eigenvalue weighted by Crippen LogP contribution is -2.49. The van der Waals surface area contributed by atoms with Crippen molar-refractivity contribution in [1.29, 1.82) is 0 Å². The Morgan fingerprint density at radius 1 is 0.871 bits per heavy atom. The number of nitrogens with one attached hydrogen (secondary N) is 3. The van der Waals surface area contributed by atoms with Gasteiger partial charge in [0, 0.05) is 5.56 Å². The fraction of sp³-hybridized carbons (Fsp3) is 0.0909. The number of thiocarbonyl (C=S) groups is 1. The van der Waals surface area contributed by atoms with E-state index in [1.165, 1.54) is 31.4 Å². The highest BCUT2D eigenvalue weighted by Crippen LogP contribution is 2.20. The van der Waals surface area contributed by atoms with Crippen molar-refractivity contribution in [3.05, 3.63) is 77.9 Å². The molecule has 3 rings (SSSR count). The highest BCUT2D eigenvalue weighted by molar-refractivity contribution is 7.80. The van der Waals surface area contributed by atoms with Crippen LogP contribution < -0.4 is 20.9 Å². The number of hydrazine groups is 1. The molecule has 3 aromatic carbocycles. The quantitative estimate of drug-likeness (QED) is 0.320. The Labute approximate surface area is 183 Å². The number of hydrogen-bond donors (Lipinski definition) is 3. The molecule has 0 saturated heterocycles. The van der Waals surface area contributed by atoms with Crippen LogP contribution in [0.3, 0.4) is 0 Å². The van der Waals surface area contributed by atoms with E-state index in [0.29, 0.717) is 11.3 Å². The third kappa shape index (κ3) is 6.00. The van der Waals surface area contributed by atoms with Crippen LogP contribution in [-0.2, 0) is 9.53 Å². The maximum absolute atomic E-state index is 12.2. The normalized spacial score (nSPS) is 10.1. The molecule has 9 heteroatoms. The molecule has 158 valence electrons. The Hall–Kier alpha value is -3.98. The lowest BCUT2D eigenvalue weighted by molar-refractivity contribution is -0.123. The summed E-state index contributed by atoms with van der Waals surface area (Å²) in [6.45, 7) is -0.239. The Kier molecular flexibility index (Phi) is 7.13. The molecular weight excluding hydrogens is 418 g/mol. The van der Waals surface area contributed by atoms with Crippen molar-refractivity contribution >= 4 is 45.9 Å². The van der Waals surface area contributed by atoms with Gasteiger partial charge in [0.2, 0.25) is 0 Å². The molecule has 0 aliphatic carbocycles. The molecule has 0 fully saturated rings. The number of fused-ring (bicyclic) bond motifs is 1. The van der Waals surface area contributed by atoms with Gasteiger partial charge in [-0.3, -0.25) is 25.8 Å². The monoisotopic (exact) mass is 437 g/mol. The average molecular weight is 437 g/mol. The van der Waals surface area contributed by atoms with Crippen LogP contribution in [-0.4, -0.2) is 36.6 Å². The second-order valence-electron chi connectivity index (χ2n) is 6.32. The number of rotatable bonds is 5. The molecule has 0 heterocycles. The third-order valence-electron chi connectivity index (χ3n) is 4.20. The Balaban J connectivity index is 1.43. The minimum atomic E-state index is -0.504. The van der Waals surface area contributed by atoms with Crippen LogP contribution in [0.25, 0.3) is 10.8 Å². The molecule has 2 amide bonds. The van der Waals surface area contributed by atoms with Crippen LogP contribution in [0.15, 0.2) is 66.7 Å². The van der Waals surface area contributed by atoms with Crippen molar-refractivity contribution in [2.45, 2.75) is 0 Å². The SMILES string of the molecule is COC(=O)c1ccc(C(=O)NC(=S)NNC(=O)COc2ccc3ccccc3c2)cc1. The molecule has 0 aliphatic rings. The third-order valence-corrected chi connectivity index (χ3v) is 4.41. The van der Waals surface area contributed by atoms with E-state index in [0.717, 1.165) is 10.8 Å².